The predicted octanol–water partition coefficient (Wildman–Crippen LogP) is 4.70. The Morgan fingerprint density at radius 3 is 1.76 bits per heavy atom. The van der Waals surface area contributed by atoms with Crippen molar-refractivity contribution in [3.8, 4) is 11.5 Å². The van der Waals surface area contributed by atoms with Gasteiger partial charge in [0.05, 0.1) is 0 Å². The molecule has 2 N–H and O–H groups in total. The normalized spacial score (nSPS) is 10.9. The molecule has 2 aromatic carbocycles. The van der Waals surface area contributed by atoms with Crippen molar-refractivity contribution in [3.05, 3.63) is 59.7 Å². The van der Waals surface area contributed by atoms with Crippen molar-refractivity contribution in [1.29, 1.82) is 0 Å². The van der Waals surface area contributed by atoms with Crippen LogP contribution in [0.5, 0.6) is 11.5 Å². The summed E-state index contributed by atoms with van der Waals surface area (Å²) in [5.41, 5.74) is 8.26. The summed E-state index contributed by atoms with van der Waals surface area (Å²) >= 11 is 0. The maximum atomic E-state index is 5.85. The number of benzene rings is 2. The lowest BCUT2D eigenvalue weighted by Crippen LogP contribution is -2.10. The molecule has 0 saturated heterocycles. The van der Waals surface area contributed by atoms with E-state index in [2.05, 4.69) is 45.0 Å². The highest BCUT2D eigenvalue weighted by Crippen LogP contribution is 2.27. The lowest BCUT2D eigenvalue weighted by molar-refractivity contribution is 0.481. The van der Waals surface area contributed by atoms with Crippen molar-refractivity contribution in [2.75, 3.05) is 6.54 Å². The van der Waals surface area contributed by atoms with Crippen LogP contribution < -0.4 is 10.5 Å². The molecule has 0 fully saturated rings. The van der Waals surface area contributed by atoms with E-state index in [0.717, 1.165) is 17.9 Å². The molecule has 0 aromatic heterocycles. The van der Waals surface area contributed by atoms with Crippen LogP contribution in [0.25, 0.3) is 0 Å². The fraction of sp³-hybridized carbons (Fsp3) is 0.333. The molecule has 21 heavy (non-hydrogen) atoms. The average molecular weight is 306 g/mol. The fourth-order valence-corrected chi connectivity index (χ4v) is 2.05. The summed E-state index contributed by atoms with van der Waals surface area (Å²) < 4.78 is 5.85. The first-order valence-corrected chi connectivity index (χ1v) is 7.06. The van der Waals surface area contributed by atoms with Crippen molar-refractivity contribution >= 4 is 12.4 Å². The highest BCUT2D eigenvalue weighted by atomic mass is 35.5. The average Bonchev–Trinajstić information content (AvgIpc) is 2.41. The summed E-state index contributed by atoms with van der Waals surface area (Å²) in [6, 6.07) is 16.4. The molecule has 2 nitrogen and oxygen atoms in total. The molecular formula is C18H24ClNO. The van der Waals surface area contributed by atoms with E-state index in [4.69, 9.17) is 10.5 Å². The molecule has 3 heteroatoms. The van der Waals surface area contributed by atoms with Gasteiger partial charge in [0.2, 0.25) is 0 Å². The number of hydrogen-bond acceptors (Lipinski definition) is 2. The summed E-state index contributed by atoms with van der Waals surface area (Å²) in [5, 5.41) is 0. The lowest BCUT2D eigenvalue weighted by Gasteiger charge is -2.19. The van der Waals surface area contributed by atoms with Crippen molar-refractivity contribution < 1.29 is 4.74 Å². The van der Waals surface area contributed by atoms with Crippen LogP contribution in [0, 0.1) is 0 Å². The Hall–Kier alpha value is -1.51. The Morgan fingerprint density at radius 1 is 0.857 bits per heavy atom. The van der Waals surface area contributed by atoms with E-state index >= 15 is 0 Å². The second kappa shape index (κ2) is 7.48. The molecule has 0 aliphatic heterocycles. The van der Waals surface area contributed by atoms with Crippen molar-refractivity contribution in [3.63, 3.8) is 0 Å². The smallest absolute Gasteiger partial charge is 0.127 e. The van der Waals surface area contributed by atoms with E-state index in [1.807, 2.05) is 24.3 Å². The van der Waals surface area contributed by atoms with E-state index in [0.29, 0.717) is 6.54 Å². The number of nitrogens with two attached hydrogens (primary N) is 1. The number of ether oxygens (including phenoxy) is 1. The molecule has 0 amide bonds. The first kappa shape index (κ1) is 17.5. The van der Waals surface area contributed by atoms with Gasteiger partial charge in [-0.3, -0.25) is 0 Å². The van der Waals surface area contributed by atoms with Crippen molar-refractivity contribution in [2.45, 2.75) is 32.6 Å². The zero-order valence-electron chi connectivity index (χ0n) is 12.9. The summed E-state index contributed by atoms with van der Waals surface area (Å²) in [4.78, 5) is 0. The topological polar surface area (TPSA) is 35.2 Å². The molecule has 114 valence electrons. The van der Waals surface area contributed by atoms with Crippen LogP contribution in [0.4, 0.5) is 0 Å². The van der Waals surface area contributed by atoms with Crippen LogP contribution in [-0.2, 0) is 11.8 Å². The predicted molar refractivity (Wildman–Crippen MR) is 91.7 cm³/mol. The minimum Gasteiger partial charge on any atom is -0.457 e. The number of hydrogen-bond donors (Lipinski definition) is 1. The Labute approximate surface area is 133 Å². The van der Waals surface area contributed by atoms with Gasteiger partial charge >= 0.3 is 0 Å². The van der Waals surface area contributed by atoms with Crippen LogP contribution in [0.15, 0.2) is 48.5 Å². The zero-order chi connectivity index (χ0) is 14.6. The summed E-state index contributed by atoms with van der Waals surface area (Å²) in [6.45, 7) is 7.30. The molecule has 0 heterocycles. The second-order valence-corrected chi connectivity index (χ2v) is 6.06. The third-order valence-corrected chi connectivity index (χ3v) is 3.31. The van der Waals surface area contributed by atoms with Gasteiger partial charge in [-0.15, -0.1) is 12.4 Å². The Bertz CT molecular complexity index is 541. The lowest BCUT2D eigenvalue weighted by atomic mass is 9.87. The third kappa shape index (κ3) is 5.07. The highest BCUT2D eigenvalue weighted by Gasteiger charge is 2.13. The van der Waals surface area contributed by atoms with Crippen LogP contribution in [0.1, 0.15) is 31.9 Å². The minimum atomic E-state index is 0. The van der Waals surface area contributed by atoms with E-state index in [1.165, 1.54) is 11.1 Å². The standard InChI is InChI=1S/C18H23NO.ClH/c1-18(2,3)15-6-10-17(11-7-15)20-16-8-4-14(5-9-16)12-13-19;/h4-11H,12-13,19H2,1-3H3;1H. The van der Waals surface area contributed by atoms with Gasteiger partial charge in [-0.1, -0.05) is 45.0 Å². The maximum absolute atomic E-state index is 5.85. The van der Waals surface area contributed by atoms with Gasteiger partial charge in [0.1, 0.15) is 11.5 Å². The first-order valence-electron chi connectivity index (χ1n) is 7.06. The third-order valence-electron chi connectivity index (χ3n) is 3.31. The van der Waals surface area contributed by atoms with Gasteiger partial charge in [-0.05, 0) is 53.8 Å². The SMILES string of the molecule is CC(C)(C)c1ccc(Oc2ccc(CCN)cc2)cc1.Cl. The van der Waals surface area contributed by atoms with Gasteiger partial charge in [0.15, 0.2) is 0 Å². The minimum absolute atomic E-state index is 0. The van der Waals surface area contributed by atoms with Crippen LogP contribution in [0.2, 0.25) is 0 Å². The Kier molecular flexibility index (Phi) is 6.25. The second-order valence-electron chi connectivity index (χ2n) is 6.06. The number of halogens is 1. The summed E-state index contributed by atoms with van der Waals surface area (Å²) in [6.07, 6.45) is 0.903. The molecule has 0 aliphatic carbocycles. The van der Waals surface area contributed by atoms with Crippen molar-refractivity contribution in [2.24, 2.45) is 5.73 Å². The Balaban J connectivity index is 0.00000220. The van der Waals surface area contributed by atoms with Gasteiger partial charge in [0.25, 0.3) is 0 Å². The maximum Gasteiger partial charge on any atom is 0.127 e. The first-order chi connectivity index (χ1) is 9.49. The summed E-state index contributed by atoms with van der Waals surface area (Å²) in [7, 11) is 0. The molecule has 2 aromatic rings. The van der Waals surface area contributed by atoms with Crippen LogP contribution in [0.3, 0.4) is 0 Å². The van der Waals surface area contributed by atoms with Gasteiger partial charge < -0.3 is 10.5 Å². The number of rotatable bonds is 4. The molecule has 0 aliphatic rings. The summed E-state index contributed by atoms with van der Waals surface area (Å²) in [5.74, 6) is 1.72. The highest BCUT2D eigenvalue weighted by molar-refractivity contribution is 5.85. The van der Waals surface area contributed by atoms with Gasteiger partial charge in [-0.25, -0.2) is 0 Å². The molecule has 0 unspecified atom stereocenters. The molecule has 2 rings (SSSR count). The van der Waals surface area contributed by atoms with Crippen LogP contribution in [-0.4, -0.2) is 6.54 Å². The quantitative estimate of drug-likeness (QED) is 0.888. The zero-order valence-corrected chi connectivity index (χ0v) is 13.7. The van der Waals surface area contributed by atoms with E-state index in [1.54, 1.807) is 0 Å². The molecule has 0 spiro atoms. The van der Waals surface area contributed by atoms with E-state index < -0.39 is 0 Å². The largest absolute Gasteiger partial charge is 0.457 e. The van der Waals surface area contributed by atoms with Gasteiger partial charge in [-0.2, -0.15) is 0 Å². The molecule has 0 atom stereocenters. The van der Waals surface area contributed by atoms with Gasteiger partial charge in [0, 0.05) is 0 Å². The molecule has 0 saturated carbocycles. The van der Waals surface area contributed by atoms with Crippen LogP contribution >= 0.6 is 12.4 Å². The molecule has 0 bridgehead atoms. The van der Waals surface area contributed by atoms with Crippen molar-refractivity contribution in [1.82, 2.24) is 0 Å². The van der Waals surface area contributed by atoms with E-state index in [-0.39, 0.29) is 17.8 Å². The van der Waals surface area contributed by atoms with E-state index in [9.17, 15) is 0 Å². The molecular weight excluding hydrogens is 282 g/mol. The Morgan fingerprint density at radius 2 is 1.33 bits per heavy atom. The molecule has 0 radical (unpaired) electrons. The fourth-order valence-electron chi connectivity index (χ4n) is 2.05. The monoisotopic (exact) mass is 305 g/mol.